The maximum atomic E-state index is 12.9. The first-order chi connectivity index (χ1) is 16.2. The van der Waals surface area contributed by atoms with Crippen molar-refractivity contribution in [2.45, 2.75) is 12.3 Å². The van der Waals surface area contributed by atoms with Crippen molar-refractivity contribution in [3.8, 4) is 11.8 Å². The van der Waals surface area contributed by atoms with Crippen LogP contribution >= 0.6 is 0 Å². The monoisotopic (exact) mass is 429 g/mol. The highest BCUT2D eigenvalue weighted by molar-refractivity contribution is 5.89. The fourth-order valence-electron chi connectivity index (χ4n) is 3.77. The van der Waals surface area contributed by atoms with Crippen molar-refractivity contribution in [1.29, 1.82) is 5.26 Å². The summed E-state index contributed by atoms with van der Waals surface area (Å²) >= 11 is 0. The molecule has 0 heterocycles. The average Bonchev–Trinajstić information content (AvgIpc) is 2.87. The van der Waals surface area contributed by atoms with Crippen LogP contribution < -0.4 is 4.74 Å². The van der Waals surface area contributed by atoms with E-state index < -0.39 is 0 Å². The SMILES string of the molecule is N#C/C(=C/c1cccc(OC(=O)CC(c2ccccc2)c2ccccc2)c1)c1ccccc1. The predicted molar refractivity (Wildman–Crippen MR) is 131 cm³/mol. The van der Waals surface area contributed by atoms with Gasteiger partial charge in [-0.05, 0) is 40.5 Å². The van der Waals surface area contributed by atoms with Crippen LogP contribution in [0.2, 0.25) is 0 Å². The summed E-state index contributed by atoms with van der Waals surface area (Å²) in [6.45, 7) is 0. The Morgan fingerprint density at radius 2 is 1.36 bits per heavy atom. The molecule has 0 bridgehead atoms. The highest BCUT2D eigenvalue weighted by Crippen LogP contribution is 2.29. The zero-order chi connectivity index (χ0) is 22.9. The molecule has 4 rings (SSSR count). The largest absolute Gasteiger partial charge is 0.426 e. The molecule has 0 amide bonds. The molecule has 0 radical (unpaired) electrons. The minimum absolute atomic E-state index is 0.0914. The van der Waals surface area contributed by atoms with Crippen LogP contribution in [0, 0.1) is 11.3 Å². The molecular formula is C30H23NO2. The summed E-state index contributed by atoms with van der Waals surface area (Å²) < 4.78 is 5.70. The Labute approximate surface area is 194 Å². The lowest BCUT2D eigenvalue weighted by atomic mass is 9.88. The number of esters is 1. The van der Waals surface area contributed by atoms with Crippen LogP contribution in [0.3, 0.4) is 0 Å². The molecule has 3 heteroatoms. The van der Waals surface area contributed by atoms with Gasteiger partial charge in [0.2, 0.25) is 0 Å². The van der Waals surface area contributed by atoms with E-state index in [1.165, 1.54) is 0 Å². The first-order valence-electron chi connectivity index (χ1n) is 10.8. The van der Waals surface area contributed by atoms with E-state index >= 15 is 0 Å². The van der Waals surface area contributed by atoms with E-state index in [9.17, 15) is 10.1 Å². The molecule has 0 spiro atoms. The van der Waals surface area contributed by atoms with Gasteiger partial charge in [0.15, 0.2) is 0 Å². The van der Waals surface area contributed by atoms with Crippen molar-refractivity contribution in [3.63, 3.8) is 0 Å². The smallest absolute Gasteiger partial charge is 0.312 e. The average molecular weight is 430 g/mol. The molecule has 0 N–H and O–H groups in total. The third-order valence-electron chi connectivity index (χ3n) is 5.38. The minimum Gasteiger partial charge on any atom is -0.426 e. The van der Waals surface area contributed by atoms with Gasteiger partial charge in [-0.3, -0.25) is 4.79 Å². The molecule has 160 valence electrons. The summed E-state index contributed by atoms with van der Waals surface area (Å²) in [5.41, 5.74) is 4.32. The van der Waals surface area contributed by atoms with E-state index in [2.05, 4.69) is 6.07 Å². The maximum Gasteiger partial charge on any atom is 0.312 e. The lowest BCUT2D eigenvalue weighted by molar-refractivity contribution is -0.134. The molecule has 0 aliphatic carbocycles. The van der Waals surface area contributed by atoms with E-state index in [1.54, 1.807) is 18.2 Å². The van der Waals surface area contributed by atoms with Crippen LogP contribution in [0.5, 0.6) is 5.75 Å². The normalized spacial score (nSPS) is 11.1. The van der Waals surface area contributed by atoms with Crippen molar-refractivity contribution in [2.24, 2.45) is 0 Å². The zero-order valence-electron chi connectivity index (χ0n) is 18.1. The third kappa shape index (κ3) is 5.84. The van der Waals surface area contributed by atoms with Gasteiger partial charge in [-0.15, -0.1) is 0 Å². The number of rotatable bonds is 7. The number of ether oxygens (including phenoxy) is 1. The van der Waals surface area contributed by atoms with Gasteiger partial charge in [0.1, 0.15) is 5.75 Å². The van der Waals surface area contributed by atoms with Gasteiger partial charge in [-0.2, -0.15) is 5.26 Å². The van der Waals surface area contributed by atoms with Crippen molar-refractivity contribution < 1.29 is 9.53 Å². The summed E-state index contributed by atoms with van der Waals surface area (Å²) in [4.78, 5) is 12.9. The molecule has 33 heavy (non-hydrogen) atoms. The summed E-state index contributed by atoms with van der Waals surface area (Å²) in [7, 11) is 0. The van der Waals surface area contributed by atoms with Crippen molar-refractivity contribution in [2.75, 3.05) is 0 Å². The van der Waals surface area contributed by atoms with Gasteiger partial charge >= 0.3 is 5.97 Å². The van der Waals surface area contributed by atoms with Gasteiger partial charge in [0.25, 0.3) is 0 Å². The Morgan fingerprint density at radius 3 is 1.94 bits per heavy atom. The Morgan fingerprint density at radius 1 is 0.788 bits per heavy atom. The quantitative estimate of drug-likeness (QED) is 0.139. The molecule has 0 saturated carbocycles. The number of benzene rings is 4. The molecule has 0 atom stereocenters. The van der Waals surface area contributed by atoms with E-state index in [0.717, 1.165) is 22.3 Å². The molecule has 0 unspecified atom stereocenters. The van der Waals surface area contributed by atoms with Crippen molar-refractivity contribution >= 4 is 17.6 Å². The first kappa shape index (κ1) is 21.8. The van der Waals surface area contributed by atoms with Gasteiger partial charge in [0, 0.05) is 5.92 Å². The van der Waals surface area contributed by atoms with E-state index in [0.29, 0.717) is 11.3 Å². The van der Waals surface area contributed by atoms with E-state index in [1.807, 2.05) is 103 Å². The van der Waals surface area contributed by atoms with E-state index in [4.69, 9.17) is 4.74 Å². The number of nitriles is 1. The Kier molecular flexibility index (Phi) is 7.10. The Bertz CT molecular complexity index is 1230. The predicted octanol–water partition coefficient (Wildman–Crippen LogP) is 6.88. The summed E-state index contributed by atoms with van der Waals surface area (Å²) in [6, 6.07) is 38.9. The molecule has 0 saturated heterocycles. The summed E-state index contributed by atoms with van der Waals surface area (Å²) in [6.07, 6.45) is 2.02. The molecule has 3 nitrogen and oxygen atoms in total. The molecule has 0 fully saturated rings. The highest BCUT2D eigenvalue weighted by Gasteiger charge is 2.19. The second-order valence-electron chi connectivity index (χ2n) is 7.66. The Balaban J connectivity index is 1.52. The number of allylic oxidation sites excluding steroid dienone is 1. The summed E-state index contributed by atoms with van der Waals surface area (Å²) in [5, 5.41) is 9.57. The molecular weight excluding hydrogens is 406 g/mol. The number of nitrogens with zero attached hydrogens (tertiary/aromatic N) is 1. The first-order valence-corrected chi connectivity index (χ1v) is 10.8. The number of carbonyl (C=O) groups excluding carboxylic acids is 1. The number of hydrogen-bond donors (Lipinski definition) is 0. The fraction of sp³-hybridized carbons (Fsp3) is 0.0667. The van der Waals surface area contributed by atoms with Crippen molar-refractivity contribution in [3.05, 3.63) is 138 Å². The standard InChI is InChI=1S/C30H23NO2/c31-22-27(24-12-4-1-5-13-24)19-23-11-10-18-28(20-23)33-30(32)21-29(25-14-6-2-7-15-25)26-16-8-3-9-17-26/h1-20,29H,21H2/b27-19-. The van der Waals surface area contributed by atoms with Crippen LogP contribution in [-0.4, -0.2) is 5.97 Å². The van der Waals surface area contributed by atoms with Gasteiger partial charge in [0.05, 0.1) is 18.1 Å². The zero-order valence-corrected chi connectivity index (χ0v) is 18.1. The lowest BCUT2D eigenvalue weighted by Crippen LogP contribution is -2.14. The maximum absolute atomic E-state index is 12.9. The fourth-order valence-corrected chi connectivity index (χ4v) is 3.77. The van der Waals surface area contributed by atoms with Crippen LogP contribution in [0.25, 0.3) is 11.6 Å². The van der Waals surface area contributed by atoms with Gasteiger partial charge in [-0.1, -0.05) is 103 Å². The summed E-state index contributed by atoms with van der Waals surface area (Å²) in [5.74, 6) is 0.0580. The number of hydrogen-bond acceptors (Lipinski definition) is 3. The topological polar surface area (TPSA) is 50.1 Å². The second kappa shape index (κ2) is 10.7. The minimum atomic E-state index is -0.308. The molecule has 4 aromatic rings. The van der Waals surface area contributed by atoms with E-state index in [-0.39, 0.29) is 18.3 Å². The van der Waals surface area contributed by atoms with Gasteiger partial charge < -0.3 is 4.74 Å². The van der Waals surface area contributed by atoms with Crippen LogP contribution in [0.1, 0.15) is 34.6 Å². The molecule has 0 aliphatic rings. The Hall–Kier alpha value is -4.42. The molecule has 4 aromatic carbocycles. The number of carbonyl (C=O) groups is 1. The highest BCUT2D eigenvalue weighted by atomic mass is 16.5. The second-order valence-corrected chi connectivity index (χ2v) is 7.66. The van der Waals surface area contributed by atoms with Crippen molar-refractivity contribution in [1.82, 2.24) is 0 Å². The van der Waals surface area contributed by atoms with Crippen LogP contribution in [0.15, 0.2) is 115 Å². The molecule has 0 aliphatic heterocycles. The van der Waals surface area contributed by atoms with Crippen LogP contribution in [-0.2, 0) is 4.79 Å². The molecule has 0 aromatic heterocycles. The third-order valence-corrected chi connectivity index (χ3v) is 5.38. The van der Waals surface area contributed by atoms with Gasteiger partial charge in [-0.25, -0.2) is 0 Å². The lowest BCUT2D eigenvalue weighted by Gasteiger charge is -2.17. The van der Waals surface area contributed by atoms with Crippen LogP contribution in [0.4, 0.5) is 0 Å².